The predicted molar refractivity (Wildman–Crippen MR) is 102 cm³/mol. The first-order valence-corrected chi connectivity index (χ1v) is 7.92. The molecular formula is C16H27IN4O2. The lowest BCUT2D eigenvalue weighted by Crippen LogP contribution is -2.37. The maximum atomic E-state index is 5.84. The van der Waals surface area contributed by atoms with E-state index in [2.05, 4.69) is 20.6 Å². The smallest absolute Gasteiger partial charge is 0.191 e. The first-order chi connectivity index (χ1) is 10.9. The monoisotopic (exact) mass is 434 g/mol. The van der Waals surface area contributed by atoms with Crippen LogP contribution in [0, 0.1) is 0 Å². The molecule has 0 unspecified atom stereocenters. The average Bonchev–Trinajstić information content (AvgIpc) is 2.59. The van der Waals surface area contributed by atoms with Gasteiger partial charge in [-0.2, -0.15) is 0 Å². The molecule has 0 aromatic carbocycles. The van der Waals surface area contributed by atoms with Crippen LogP contribution in [0.4, 0.5) is 0 Å². The van der Waals surface area contributed by atoms with Crippen molar-refractivity contribution in [2.45, 2.75) is 31.9 Å². The molecule has 0 atom stereocenters. The third kappa shape index (κ3) is 8.47. The van der Waals surface area contributed by atoms with E-state index in [1.807, 2.05) is 18.2 Å². The highest BCUT2D eigenvalue weighted by Crippen LogP contribution is 2.10. The molecule has 0 amide bonds. The van der Waals surface area contributed by atoms with Crippen molar-refractivity contribution in [2.24, 2.45) is 4.99 Å². The number of hydrogen-bond donors (Lipinski definition) is 2. The second-order valence-electron chi connectivity index (χ2n) is 5.21. The van der Waals surface area contributed by atoms with Crippen molar-refractivity contribution in [3.8, 4) is 0 Å². The molecule has 0 aliphatic carbocycles. The highest BCUT2D eigenvalue weighted by Gasteiger charge is 2.13. The van der Waals surface area contributed by atoms with Crippen LogP contribution >= 0.6 is 24.0 Å². The summed E-state index contributed by atoms with van der Waals surface area (Å²) in [6.07, 6.45) is 5.15. The molecule has 1 aromatic rings. The first kappa shape index (κ1) is 20.1. The number of aliphatic imine (C=N–C) groups is 1. The van der Waals surface area contributed by atoms with E-state index in [-0.39, 0.29) is 24.0 Å². The third-order valence-electron chi connectivity index (χ3n) is 3.52. The summed E-state index contributed by atoms with van der Waals surface area (Å²) in [5.74, 6) is 0.789. The van der Waals surface area contributed by atoms with Gasteiger partial charge in [-0.3, -0.25) is 9.98 Å². The minimum atomic E-state index is 0. The number of rotatable bonds is 7. The maximum absolute atomic E-state index is 5.84. The fourth-order valence-electron chi connectivity index (χ4n) is 2.27. The van der Waals surface area contributed by atoms with Gasteiger partial charge in [0.05, 0.1) is 18.3 Å². The normalized spacial score (nSPS) is 15.8. The van der Waals surface area contributed by atoms with Crippen LogP contribution in [0.5, 0.6) is 0 Å². The summed E-state index contributed by atoms with van der Waals surface area (Å²) in [6, 6.07) is 5.88. The van der Waals surface area contributed by atoms with Crippen LogP contribution in [0.2, 0.25) is 0 Å². The average molecular weight is 434 g/mol. The SMILES string of the molecule is CN=C(NCCCOC1CCOCC1)NCc1ccccn1.I. The minimum absolute atomic E-state index is 0. The van der Waals surface area contributed by atoms with E-state index in [1.54, 1.807) is 13.2 Å². The van der Waals surface area contributed by atoms with Gasteiger partial charge < -0.3 is 20.1 Å². The molecule has 0 saturated carbocycles. The molecule has 1 aromatic heterocycles. The summed E-state index contributed by atoms with van der Waals surface area (Å²) < 4.78 is 11.2. The summed E-state index contributed by atoms with van der Waals surface area (Å²) in [5, 5.41) is 6.53. The van der Waals surface area contributed by atoms with Gasteiger partial charge in [-0.15, -0.1) is 24.0 Å². The van der Waals surface area contributed by atoms with Crippen molar-refractivity contribution in [2.75, 3.05) is 33.4 Å². The Morgan fingerprint density at radius 2 is 2.17 bits per heavy atom. The number of guanidine groups is 1. The molecule has 6 nitrogen and oxygen atoms in total. The first-order valence-electron chi connectivity index (χ1n) is 7.92. The largest absolute Gasteiger partial charge is 0.381 e. The summed E-state index contributed by atoms with van der Waals surface area (Å²) in [6.45, 7) is 3.93. The molecule has 1 aliphatic rings. The standard InChI is InChI=1S/C16H26N4O2.HI/c1-17-16(20-13-14-5-2-3-8-18-14)19-9-4-10-22-15-6-11-21-12-7-15;/h2-3,5,8,15H,4,6-7,9-13H2,1H3,(H2,17,19,20);1H. The molecule has 0 spiro atoms. The Kier molecular flexibility index (Phi) is 10.9. The maximum Gasteiger partial charge on any atom is 0.191 e. The number of nitrogens with zero attached hydrogens (tertiary/aromatic N) is 2. The van der Waals surface area contributed by atoms with Gasteiger partial charge in [0.25, 0.3) is 0 Å². The van der Waals surface area contributed by atoms with E-state index >= 15 is 0 Å². The zero-order chi connectivity index (χ0) is 15.5. The number of nitrogens with one attached hydrogen (secondary N) is 2. The highest BCUT2D eigenvalue weighted by atomic mass is 127. The van der Waals surface area contributed by atoms with Gasteiger partial charge in [-0.25, -0.2) is 0 Å². The number of halogens is 1. The molecule has 2 rings (SSSR count). The summed E-state index contributed by atoms with van der Waals surface area (Å²) in [5.41, 5.74) is 0.994. The predicted octanol–water partition coefficient (Wildman–Crippen LogP) is 1.95. The van der Waals surface area contributed by atoms with E-state index in [0.29, 0.717) is 12.6 Å². The van der Waals surface area contributed by atoms with Crippen LogP contribution < -0.4 is 10.6 Å². The van der Waals surface area contributed by atoms with Crippen LogP contribution in [-0.4, -0.2) is 50.5 Å². The Bertz CT molecular complexity index is 439. The van der Waals surface area contributed by atoms with Gasteiger partial charge in [0, 0.05) is 39.6 Å². The molecule has 1 fully saturated rings. The molecule has 2 N–H and O–H groups in total. The number of aromatic nitrogens is 1. The molecular weight excluding hydrogens is 407 g/mol. The van der Waals surface area contributed by atoms with Gasteiger partial charge in [-0.1, -0.05) is 6.07 Å². The molecule has 1 aliphatic heterocycles. The fraction of sp³-hybridized carbons (Fsp3) is 0.625. The highest BCUT2D eigenvalue weighted by molar-refractivity contribution is 14.0. The van der Waals surface area contributed by atoms with Gasteiger partial charge >= 0.3 is 0 Å². The van der Waals surface area contributed by atoms with Gasteiger partial charge in [0.15, 0.2) is 5.96 Å². The quantitative estimate of drug-likeness (QED) is 0.297. The second-order valence-corrected chi connectivity index (χ2v) is 5.21. The zero-order valence-electron chi connectivity index (χ0n) is 13.7. The van der Waals surface area contributed by atoms with Crippen LogP contribution in [0.1, 0.15) is 25.0 Å². The minimum Gasteiger partial charge on any atom is -0.381 e. The van der Waals surface area contributed by atoms with Crippen molar-refractivity contribution in [1.29, 1.82) is 0 Å². The molecule has 0 radical (unpaired) electrons. The molecule has 1 saturated heterocycles. The topological polar surface area (TPSA) is 67.8 Å². The molecule has 130 valence electrons. The lowest BCUT2D eigenvalue weighted by atomic mass is 10.1. The Balaban J connectivity index is 0.00000264. The Hall–Kier alpha value is -0.930. The van der Waals surface area contributed by atoms with Crippen LogP contribution in [-0.2, 0) is 16.0 Å². The van der Waals surface area contributed by atoms with E-state index in [4.69, 9.17) is 9.47 Å². The van der Waals surface area contributed by atoms with E-state index in [9.17, 15) is 0 Å². The lowest BCUT2D eigenvalue weighted by Gasteiger charge is -2.22. The summed E-state index contributed by atoms with van der Waals surface area (Å²) in [7, 11) is 1.77. The van der Waals surface area contributed by atoms with Gasteiger partial charge in [-0.05, 0) is 31.4 Å². The number of ether oxygens (including phenoxy) is 2. The van der Waals surface area contributed by atoms with Gasteiger partial charge in [0.2, 0.25) is 0 Å². The molecule has 0 bridgehead atoms. The van der Waals surface area contributed by atoms with Gasteiger partial charge in [0.1, 0.15) is 0 Å². The van der Waals surface area contributed by atoms with E-state index in [0.717, 1.165) is 57.3 Å². The molecule has 23 heavy (non-hydrogen) atoms. The Labute approximate surface area is 155 Å². The van der Waals surface area contributed by atoms with Crippen molar-refractivity contribution < 1.29 is 9.47 Å². The summed E-state index contributed by atoms with van der Waals surface area (Å²) in [4.78, 5) is 8.47. The molecule has 7 heteroatoms. The van der Waals surface area contributed by atoms with Crippen molar-refractivity contribution in [3.05, 3.63) is 30.1 Å². The lowest BCUT2D eigenvalue weighted by molar-refractivity contribution is -0.0320. The van der Waals surface area contributed by atoms with E-state index < -0.39 is 0 Å². The summed E-state index contributed by atoms with van der Waals surface area (Å²) >= 11 is 0. The second kappa shape index (κ2) is 12.5. The number of pyridine rings is 1. The van der Waals surface area contributed by atoms with Crippen LogP contribution in [0.25, 0.3) is 0 Å². The van der Waals surface area contributed by atoms with Crippen molar-refractivity contribution in [1.82, 2.24) is 15.6 Å². The third-order valence-corrected chi connectivity index (χ3v) is 3.52. The molecule has 2 heterocycles. The zero-order valence-corrected chi connectivity index (χ0v) is 16.0. The van der Waals surface area contributed by atoms with E-state index in [1.165, 1.54) is 0 Å². The van der Waals surface area contributed by atoms with Crippen LogP contribution in [0.15, 0.2) is 29.4 Å². The Morgan fingerprint density at radius 1 is 1.35 bits per heavy atom. The van der Waals surface area contributed by atoms with Crippen LogP contribution in [0.3, 0.4) is 0 Å². The van der Waals surface area contributed by atoms with Crippen molar-refractivity contribution >= 4 is 29.9 Å². The number of hydrogen-bond acceptors (Lipinski definition) is 4. The fourth-order valence-corrected chi connectivity index (χ4v) is 2.27. The Morgan fingerprint density at radius 3 is 2.87 bits per heavy atom. The van der Waals surface area contributed by atoms with Crippen molar-refractivity contribution in [3.63, 3.8) is 0 Å².